The predicted molar refractivity (Wildman–Crippen MR) is 65.9 cm³/mol. The summed E-state index contributed by atoms with van der Waals surface area (Å²) in [5.74, 6) is 0.686. The Kier molecular flexibility index (Phi) is 3.40. The van der Waals surface area contributed by atoms with Gasteiger partial charge in [-0.05, 0) is 12.8 Å². The first-order chi connectivity index (χ1) is 7.57. The molecule has 1 saturated carbocycles. The molecular formula is C10H17ClN2O3S. The van der Waals surface area contributed by atoms with Gasteiger partial charge in [-0.1, -0.05) is 0 Å². The fourth-order valence-electron chi connectivity index (χ4n) is 2.71. The molecule has 17 heavy (non-hydrogen) atoms. The Labute approximate surface area is 107 Å². The summed E-state index contributed by atoms with van der Waals surface area (Å²) in [5.41, 5.74) is 0. The Morgan fingerprint density at radius 2 is 1.94 bits per heavy atom. The third-order valence-corrected chi connectivity index (χ3v) is 5.41. The second kappa shape index (κ2) is 4.40. The van der Waals surface area contributed by atoms with Crippen molar-refractivity contribution in [3.63, 3.8) is 0 Å². The molecule has 2 aliphatic heterocycles. The summed E-state index contributed by atoms with van der Waals surface area (Å²) in [5, 5.41) is 3.21. The maximum atomic E-state index is 12.0. The van der Waals surface area contributed by atoms with E-state index in [1.54, 1.807) is 0 Å². The summed E-state index contributed by atoms with van der Waals surface area (Å²) in [4.78, 5) is 13.8. The van der Waals surface area contributed by atoms with Crippen LogP contribution in [0.4, 0.5) is 0 Å². The van der Waals surface area contributed by atoms with E-state index in [1.807, 2.05) is 4.90 Å². The van der Waals surface area contributed by atoms with Gasteiger partial charge in [0.2, 0.25) is 5.91 Å². The third kappa shape index (κ3) is 2.44. The van der Waals surface area contributed by atoms with Gasteiger partial charge in [-0.2, -0.15) is 0 Å². The maximum Gasteiger partial charge on any atom is 0.226 e. The summed E-state index contributed by atoms with van der Waals surface area (Å²) in [6.45, 7) is 1.38. The summed E-state index contributed by atoms with van der Waals surface area (Å²) in [6, 6.07) is -0.159. The maximum absolute atomic E-state index is 12.0. The van der Waals surface area contributed by atoms with E-state index in [1.165, 1.54) is 0 Å². The van der Waals surface area contributed by atoms with Crippen molar-refractivity contribution in [2.24, 2.45) is 5.92 Å². The number of carbonyl (C=O) groups excluding carboxylic acids is 1. The van der Waals surface area contributed by atoms with Gasteiger partial charge >= 0.3 is 0 Å². The smallest absolute Gasteiger partial charge is 0.226 e. The first-order valence-electron chi connectivity index (χ1n) is 5.81. The van der Waals surface area contributed by atoms with Gasteiger partial charge in [0.25, 0.3) is 0 Å². The number of rotatable bonds is 1. The Morgan fingerprint density at radius 1 is 1.24 bits per heavy atom. The van der Waals surface area contributed by atoms with Crippen molar-refractivity contribution < 1.29 is 13.2 Å². The molecule has 98 valence electrons. The van der Waals surface area contributed by atoms with Crippen molar-refractivity contribution in [2.45, 2.75) is 24.9 Å². The number of halogens is 1. The van der Waals surface area contributed by atoms with Crippen LogP contribution in [0.3, 0.4) is 0 Å². The number of sulfone groups is 1. The minimum Gasteiger partial charge on any atom is -0.336 e. The van der Waals surface area contributed by atoms with Crippen LogP contribution >= 0.6 is 12.4 Å². The van der Waals surface area contributed by atoms with E-state index in [2.05, 4.69) is 5.32 Å². The first-order valence-corrected chi connectivity index (χ1v) is 7.63. The van der Waals surface area contributed by atoms with E-state index >= 15 is 0 Å². The van der Waals surface area contributed by atoms with Crippen LogP contribution in [0.15, 0.2) is 0 Å². The molecule has 1 aliphatic carbocycles. The zero-order chi connectivity index (χ0) is 11.3. The van der Waals surface area contributed by atoms with E-state index in [9.17, 15) is 13.2 Å². The highest BCUT2D eigenvalue weighted by atomic mass is 35.5. The second-order valence-electron chi connectivity index (χ2n) is 5.01. The van der Waals surface area contributed by atoms with Crippen molar-refractivity contribution in [3.05, 3.63) is 0 Å². The summed E-state index contributed by atoms with van der Waals surface area (Å²) >= 11 is 0. The number of nitrogens with one attached hydrogen (secondary N) is 1. The predicted octanol–water partition coefficient (Wildman–Crippen LogP) is -0.584. The van der Waals surface area contributed by atoms with Gasteiger partial charge < -0.3 is 10.2 Å². The molecule has 2 heterocycles. The topological polar surface area (TPSA) is 66.5 Å². The van der Waals surface area contributed by atoms with Crippen molar-refractivity contribution in [3.8, 4) is 0 Å². The summed E-state index contributed by atoms with van der Waals surface area (Å²) in [6.07, 6.45) is 1.96. The molecule has 7 heteroatoms. The van der Waals surface area contributed by atoms with Crippen LogP contribution in [0.2, 0.25) is 0 Å². The second-order valence-corrected chi connectivity index (χ2v) is 7.16. The minimum atomic E-state index is -2.96. The number of hydrogen-bond acceptors (Lipinski definition) is 4. The van der Waals surface area contributed by atoms with Crippen molar-refractivity contribution >= 4 is 28.2 Å². The highest BCUT2D eigenvalue weighted by Gasteiger charge is 2.46. The zero-order valence-electron chi connectivity index (χ0n) is 9.46. The Balaban J connectivity index is 0.00000108. The number of carbonyl (C=O) groups is 1. The van der Waals surface area contributed by atoms with Gasteiger partial charge in [-0.3, -0.25) is 4.79 Å². The van der Waals surface area contributed by atoms with Gasteiger partial charge in [0, 0.05) is 25.0 Å². The molecule has 0 aromatic carbocycles. The van der Waals surface area contributed by atoms with Crippen LogP contribution < -0.4 is 5.32 Å². The average molecular weight is 281 g/mol. The molecule has 2 unspecified atom stereocenters. The molecule has 1 N–H and O–H groups in total. The van der Waals surface area contributed by atoms with Gasteiger partial charge in [-0.15, -0.1) is 12.4 Å². The standard InChI is InChI=1S/C10H16N2O3S.ClH/c13-10(7-1-2-7)12-4-3-11-8-5-16(14,15)6-9(8)12;/h7-9,11H,1-6H2;1H. The van der Waals surface area contributed by atoms with E-state index in [4.69, 9.17) is 0 Å². The van der Waals surface area contributed by atoms with Gasteiger partial charge in [0.05, 0.1) is 17.5 Å². The molecule has 1 amide bonds. The number of amides is 1. The normalized spacial score (nSPS) is 34.9. The highest BCUT2D eigenvalue weighted by Crippen LogP contribution is 2.33. The van der Waals surface area contributed by atoms with Gasteiger partial charge in [0.15, 0.2) is 9.84 Å². The summed E-state index contributed by atoms with van der Waals surface area (Å²) < 4.78 is 23.1. The SMILES string of the molecule is Cl.O=C(C1CC1)N1CCNC2CS(=O)(=O)CC21. The molecule has 2 saturated heterocycles. The lowest BCUT2D eigenvalue weighted by Crippen LogP contribution is -2.59. The van der Waals surface area contributed by atoms with E-state index in [-0.39, 0.29) is 47.8 Å². The molecule has 0 radical (unpaired) electrons. The monoisotopic (exact) mass is 280 g/mol. The molecule has 3 aliphatic rings. The molecule has 3 rings (SSSR count). The molecular weight excluding hydrogens is 264 g/mol. The molecule has 0 aromatic rings. The van der Waals surface area contributed by atoms with E-state index < -0.39 is 9.84 Å². The fourth-order valence-corrected chi connectivity index (χ4v) is 4.66. The Hall–Kier alpha value is -0.330. The quantitative estimate of drug-likeness (QED) is 0.698. The molecule has 2 atom stereocenters. The molecule has 3 fully saturated rings. The molecule has 0 bridgehead atoms. The Bertz CT molecular complexity index is 421. The van der Waals surface area contributed by atoms with Crippen LogP contribution in [0.1, 0.15) is 12.8 Å². The number of nitrogens with zero attached hydrogens (tertiary/aromatic N) is 1. The fraction of sp³-hybridized carbons (Fsp3) is 0.900. The third-order valence-electron chi connectivity index (χ3n) is 3.69. The number of fused-ring (bicyclic) bond motifs is 1. The van der Waals surface area contributed by atoms with Crippen LogP contribution in [-0.2, 0) is 14.6 Å². The van der Waals surface area contributed by atoms with Crippen LogP contribution in [-0.4, -0.2) is 55.9 Å². The Morgan fingerprint density at radius 3 is 2.59 bits per heavy atom. The zero-order valence-corrected chi connectivity index (χ0v) is 11.1. The van der Waals surface area contributed by atoms with Crippen molar-refractivity contribution in [1.29, 1.82) is 0 Å². The number of hydrogen-bond donors (Lipinski definition) is 1. The van der Waals surface area contributed by atoms with Gasteiger partial charge in [-0.25, -0.2) is 8.42 Å². The first kappa shape index (κ1) is 13.1. The van der Waals surface area contributed by atoms with Gasteiger partial charge in [0.1, 0.15) is 0 Å². The van der Waals surface area contributed by atoms with Crippen molar-refractivity contribution in [2.75, 3.05) is 24.6 Å². The highest BCUT2D eigenvalue weighted by molar-refractivity contribution is 7.91. The number of piperazine rings is 1. The van der Waals surface area contributed by atoms with Crippen molar-refractivity contribution in [1.82, 2.24) is 10.2 Å². The summed E-state index contributed by atoms with van der Waals surface area (Å²) in [7, 11) is -2.96. The largest absolute Gasteiger partial charge is 0.336 e. The molecule has 0 aromatic heterocycles. The lowest BCUT2D eigenvalue weighted by molar-refractivity contribution is -0.135. The minimum absolute atomic E-state index is 0. The van der Waals surface area contributed by atoms with E-state index in [0.717, 1.165) is 19.4 Å². The van der Waals surface area contributed by atoms with E-state index in [0.29, 0.717) is 6.54 Å². The van der Waals surface area contributed by atoms with Crippen LogP contribution in [0.5, 0.6) is 0 Å². The molecule has 0 spiro atoms. The molecule has 5 nitrogen and oxygen atoms in total. The lowest BCUT2D eigenvalue weighted by atomic mass is 10.1. The average Bonchev–Trinajstić information content (AvgIpc) is 2.98. The van der Waals surface area contributed by atoms with Crippen LogP contribution in [0, 0.1) is 5.92 Å². The lowest BCUT2D eigenvalue weighted by Gasteiger charge is -2.37. The van der Waals surface area contributed by atoms with Crippen LogP contribution in [0.25, 0.3) is 0 Å².